The van der Waals surface area contributed by atoms with Gasteiger partial charge in [-0.3, -0.25) is 29.7 Å². The number of ether oxygens (including phenoxy) is 1. The van der Waals surface area contributed by atoms with Crippen molar-refractivity contribution >= 4 is 23.0 Å². The van der Waals surface area contributed by atoms with Crippen molar-refractivity contribution in [2.45, 2.75) is 20.4 Å². The van der Waals surface area contributed by atoms with Gasteiger partial charge in [0, 0.05) is 18.7 Å². The molecule has 0 saturated carbocycles. The molecule has 11 nitrogen and oxygen atoms in total. The lowest BCUT2D eigenvalue weighted by Crippen LogP contribution is -2.15. The molecule has 1 amide bonds. The monoisotopic (exact) mass is 411 g/mol. The summed E-state index contributed by atoms with van der Waals surface area (Å²) in [6.45, 7) is 3.96. The average molecular weight is 411 g/mol. The molecule has 0 fully saturated rings. The van der Waals surface area contributed by atoms with E-state index in [9.17, 15) is 25.0 Å². The molecule has 0 aliphatic carbocycles. The normalized spacial score (nSPS) is 10.5. The molecule has 3 aromatic rings. The maximum Gasteiger partial charge on any atom is 0.320 e. The van der Waals surface area contributed by atoms with E-state index in [0.29, 0.717) is 12.3 Å². The predicted octanol–water partition coefficient (Wildman–Crippen LogP) is 4.07. The number of benzene rings is 2. The Morgan fingerprint density at radius 3 is 2.40 bits per heavy atom. The van der Waals surface area contributed by atoms with Gasteiger partial charge in [-0.25, -0.2) is 0 Å². The third-order valence-electron chi connectivity index (χ3n) is 4.09. The first-order chi connectivity index (χ1) is 14.3. The third-order valence-corrected chi connectivity index (χ3v) is 4.09. The molecule has 0 unspecified atom stereocenters. The Bertz CT molecular complexity index is 1120. The van der Waals surface area contributed by atoms with Gasteiger partial charge in [-0.2, -0.15) is 5.10 Å². The summed E-state index contributed by atoms with van der Waals surface area (Å²) in [6.07, 6.45) is 1.15. The van der Waals surface area contributed by atoms with E-state index in [1.54, 1.807) is 19.1 Å². The van der Waals surface area contributed by atoms with Crippen molar-refractivity contribution in [3.8, 4) is 11.5 Å². The molecular formula is C19H17N5O6. The van der Waals surface area contributed by atoms with E-state index < -0.39 is 27.1 Å². The second-order valence-corrected chi connectivity index (χ2v) is 6.32. The number of hydrogen-bond acceptors (Lipinski definition) is 7. The second-order valence-electron chi connectivity index (χ2n) is 6.32. The Balaban J connectivity index is 1.91. The first-order valence-electron chi connectivity index (χ1n) is 8.84. The maximum absolute atomic E-state index is 12.6. The van der Waals surface area contributed by atoms with Crippen LogP contribution in [0.1, 0.15) is 23.0 Å². The maximum atomic E-state index is 12.6. The van der Waals surface area contributed by atoms with E-state index in [1.807, 2.05) is 19.1 Å². The molecule has 30 heavy (non-hydrogen) atoms. The molecule has 0 aliphatic rings. The van der Waals surface area contributed by atoms with Crippen molar-refractivity contribution in [3.63, 3.8) is 0 Å². The summed E-state index contributed by atoms with van der Waals surface area (Å²) in [4.78, 5) is 33.7. The molecule has 0 atom stereocenters. The van der Waals surface area contributed by atoms with Gasteiger partial charge in [-0.1, -0.05) is 17.7 Å². The minimum Gasteiger partial charge on any atom is -0.457 e. The molecule has 2 aromatic carbocycles. The van der Waals surface area contributed by atoms with Gasteiger partial charge in [0.15, 0.2) is 0 Å². The summed E-state index contributed by atoms with van der Waals surface area (Å²) in [5, 5.41) is 28.8. The third kappa shape index (κ3) is 4.58. The topological polar surface area (TPSA) is 142 Å². The van der Waals surface area contributed by atoms with Crippen LogP contribution in [0.2, 0.25) is 0 Å². The standard InChI is InChI=1S/C19H17N5O6/c1-3-22-11-17(24(28)29)18(21-22)19(25)20-13-8-14(23(26)27)10-16(9-13)30-15-6-4-12(2)5-7-15/h4-11H,3H2,1-2H3,(H,20,25). The van der Waals surface area contributed by atoms with Crippen LogP contribution in [0.5, 0.6) is 11.5 Å². The first-order valence-corrected chi connectivity index (χ1v) is 8.84. The Hall–Kier alpha value is -4.28. The molecule has 0 bridgehead atoms. The highest BCUT2D eigenvalue weighted by atomic mass is 16.6. The number of nitrogens with one attached hydrogen (secondary N) is 1. The molecule has 1 heterocycles. The lowest BCUT2D eigenvalue weighted by Gasteiger charge is -2.09. The van der Waals surface area contributed by atoms with Crippen LogP contribution < -0.4 is 10.1 Å². The van der Waals surface area contributed by atoms with Crippen molar-refractivity contribution in [2.75, 3.05) is 5.32 Å². The van der Waals surface area contributed by atoms with Crippen LogP contribution in [0, 0.1) is 27.2 Å². The highest BCUT2D eigenvalue weighted by Crippen LogP contribution is 2.30. The zero-order valence-electron chi connectivity index (χ0n) is 16.1. The molecule has 0 radical (unpaired) electrons. The fourth-order valence-corrected chi connectivity index (χ4v) is 2.62. The number of carbonyl (C=O) groups is 1. The van der Waals surface area contributed by atoms with Crippen molar-refractivity contribution in [2.24, 2.45) is 0 Å². The molecule has 1 N–H and O–H groups in total. The van der Waals surface area contributed by atoms with E-state index in [0.717, 1.165) is 17.8 Å². The van der Waals surface area contributed by atoms with Crippen LogP contribution >= 0.6 is 0 Å². The van der Waals surface area contributed by atoms with E-state index >= 15 is 0 Å². The first kappa shape index (κ1) is 20.5. The Labute approximate surface area is 170 Å². The molecular weight excluding hydrogens is 394 g/mol. The molecule has 154 valence electrons. The van der Waals surface area contributed by atoms with Crippen LogP contribution in [-0.2, 0) is 6.54 Å². The van der Waals surface area contributed by atoms with E-state index in [2.05, 4.69) is 10.4 Å². The highest BCUT2D eigenvalue weighted by molar-refractivity contribution is 6.05. The number of nitrogens with zero attached hydrogens (tertiary/aromatic N) is 4. The van der Waals surface area contributed by atoms with Crippen molar-refractivity contribution in [1.29, 1.82) is 0 Å². The summed E-state index contributed by atoms with van der Waals surface area (Å²) >= 11 is 0. The molecule has 11 heteroatoms. The Morgan fingerprint density at radius 2 is 1.80 bits per heavy atom. The number of non-ortho nitro benzene ring substituents is 1. The fourth-order valence-electron chi connectivity index (χ4n) is 2.62. The number of nitro groups is 2. The largest absolute Gasteiger partial charge is 0.457 e. The van der Waals surface area contributed by atoms with Gasteiger partial charge in [-0.15, -0.1) is 0 Å². The Kier molecular flexibility index (Phi) is 5.72. The van der Waals surface area contributed by atoms with Gasteiger partial charge in [0.2, 0.25) is 5.69 Å². The van der Waals surface area contributed by atoms with Crippen LogP contribution in [-0.4, -0.2) is 25.5 Å². The summed E-state index contributed by atoms with van der Waals surface area (Å²) in [5.41, 5.74) is -0.118. The molecule has 0 aliphatic heterocycles. The van der Waals surface area contributed by atoms with Crippen LogP contribution in [0.4, 0.5) is 17.1 Å². The van der Waals surface area contributed by atoms with Gasteiger partial charge in [0.25, 0.3) is 11.6 Å². The molecule has 0 saturated heterocycles. The fraction of sp³-hybridized carbons (Fsp3) is 0.158. The van der Waals surface area contributed by atoms with Crippen LogP contribution in [0.3, 0.4) is 0 Å². The zero-order valence-corrected chi connectivity index (χ0v) is 16.1. The summed E-state index contributed by atoms with van der Waals surface area (Å²) in [6, 6.07) is 10.8. The zero-order chi connectivity index (χ0) is 21.8. The van der Waals surface area contributed by atoms with Gasteiger partial charge >= 0.3 is 5.69 Å². The van der Waals surface area contributed by atoms with Gasteiger partial charge in [-0.05, 0) is 26.0 Å². The molecule has 3 rings (SSSR count). The number of anilines is 1. The van der Waals surface area contributed by atoms with Crippen molar-refractivity contribution in [3.05, 3.63) is 80.1 Å². The number of nitro benzene ring substituents is 1. The molecule has 1 aromatic heterocycles. The SMILES string of the molecule is CCn1cc([N+](=O)[O-])c(C(=O)Nc2cc(Oc3ccc(C)cc3)cc([N+](=O)[O-])c2)n1. The van der Waals surface area contributed by atoms with E-state index in [1.165, 1.54) is 16.8 Å². The second kappa shape index (κ2) is 8.39. The number of aromatic nitrogens is 2. The minimum atomic E-state index is -0.865. The lowest BCUT2D eigenvalue weighted by atomic mass is 10.2. The van der Waals surface area contributed by atoms with Gasteiger partial charge < -0.3 is 10.1 Å². The number of carbonyl (C=O) groups excluding carboxylic acids is 1. The number of hydrogen-bond donors (Lipinski definition) is 1. The molecule has 0 spiro atoms. The number of aryl methyl sites for hydroxylation is 2. The van der Waals surface area contributed by atoms with E-state index in [4.69, 9.17) is 4.74 Å². The van der Waals surface area contributed by atoms with Crippen LogP contribution in [0.15, 0.2) is 48.7 Å². The van der Waals surface area contributed by atoms with Gasteiger partial charge in [0.1, 0.15) is 17.7 Å². The smallest absolute Gasteiger partial charge is 0.320 e. The van der Waals surface area contributed by atoms with Crippen molar-refractivity contribution in [1.82, 2.24) is 9.78 Å². The van der Waals surface area contributed by atoms with Gasteiger partial charge in [0.05, 0.1) is 21.6 Å². The quantitative estimate of drug-likeness (QED) is 0.456. The van der Waals surface area contributed by atoms with E-state index in [-0.39, 0.29) is 17.1 Å². The lowest BCUT2D eigenvalue weighted by molar-refractivity contribution is -0.385. The minimum absolute atomic E-state index is 0.0386. The van der Waals surface area contributed by atoms with Crippen LogP contribution in [0.25, 0.3) is 0 Å². The Morgan fingerprint density at radius 1 is 1.10 bits per heavy atom. The number of rotatable bonds is 7. The highest BCUT2D eigenvalue weighted by Gasteiger charge is 2.26. The summed E-state index contributed by atoms with van der Waals surface area (Å²) in [5.74, 6) is -0.289. The summed E-state index contributed by atoms with van der Waals surface area (Å²) in [7, 11) is 0. The predicted molar refractivity (Wildman–Crippen MR) is 107 cm³/mol. The summed E-state index contributed by atoms with van der Waals surface area (Å²) < 4.78 is 6.91. The van der Waals surface area contributed by atoms with Crippen molar-refractivity contribution < 1.29 is 19.4 Å². The average Bonchev–Trinajstić information content (AvgIpc) is 3.15. The number of amides is 1.